The van der Waals surface area contributed by atoms with Crippen LogP contribution in [0.25, 0.3) is 0 Å². The van der Waals surface area contributed by atoms with Crippen LogP contribution in [0, 0.1) is 0 Å². The fourth-order valence-corrected chi connectivity index (χ4v) is 4.96. The smallest absolute Gasteiger partial charge is 0.336 e. The molecule has 178 valence electrons. The van der Waals surface area contributed by atoms with Gasteiger partial charge in [0.25, 0.3) is 0 Å². The molecule has 0 radical (unpaired) electrons. The van der Waals surface area contributed by atoms with E-state index in [0.717, 1.165) is 17.0 Å². The third-order valence-electron chi connectivity index (χ3n) is 6.44. The molecule has 0 amide bonds. The SMILES string of the molecule is CCOC(=O)C1=C(C)NC2=C(C(=O)C[C@H](c3ccco3)C2)[C@H]1c1cccc(Oc2ccccc2)c1. The minimum absolute atomic E-state index is 0.00571. The lowest BCUT2D eigenvalue weighted by Gasteiger charge is -2.36. The molecule has 1 aliphatic carbocycles. The molecule has 35 heavy (non-hydrogen) atoms. The summed E-state index contributed by atoms with van der Waals surface area (Å²) >= 11 is 0. The molecule has 0 bridgehead atoms. The number of hydrogen-bond acceptors (Lipinski definition) is 6. The van der Waals surface area contributed by atoms with Crippen molar-refractivity contribution in [1.82, 2.24) is 5.32 Å². The van der Waals surface area contributed by atoms with E-state index < -0.39 is 11.9 Å². The molecular formula is C29H27NO5. The van der Waals surface area contributed by atoms with Gasteiger partial charge in [0.1, 0.15) is 17.3 Å². The van der Waals surface area contributed by atoms with Crippen molar-refractivity contribution in [3.8, 4) is 11.5 Å². The molecular weight excluding hydrogens is 442 g/mol. The van der Waals surface area contributed by atoms with Gasteiger partial charge >= 0.3 is 5.97 Å². The van der Waals surface area contributed by atoms with Crippen molar-refractivity contribution in [3.05, 3.63) is 107 Å². The first kappa shape index (κ1) is 22.7. The number of benzene rings is 2. The van der Waals surface area contributed by atoms with Crippen molar-refractivity contribution < 1.29 is 23.5 Å². The van der Waals surface area contributed by atoms with Crippen LogP contribution >= 0.6 is 0 Å². The van der Waals surface area contributed by atoms with E-state index in [1.807, 2.05) is 73.7 Å². The van der Waals surface area contributed by atoms with E-state index in [1.54, 1.807) is 13.2 Å². The van der Waals surface area contributed by atoms with Gasteiger partial charge < -0.3 is 19.2 Å². The van der Waals surface area contributed by atoms with Crippen molar-refractivity contribution >= 4 is 11.8 Å². The van der Waals surface area contributed by atoms with Crippen LogP contribution in [0.2, 0.25) is 0 Å². The molecule has 2 aliphatic rings. The van der Waals surface area contributed by atoms with Gasteiger partial charge in [0.2, 0.25) is 0 Å². The standard InChI is InChI=1S/C29H27NO5/c1-3-33-29(32)26-18(2)30-23-16-20(25-13-8-14-34-25)17-24(31)28(23)27(26)19-9-7-12-22(15-19)35-21-10-5-4-6-11-21/h4-15,20,27,30H,3,16-17H2,1-2H3/t20-,27+/m1/s1. The maximum absolute atomic E-state index is 13.6. The number of allylic oxidation sites excluding steroid dienone is 3. The molecule has 2 aromatic carbocycles. The molecule has 2 atom stereocenters. The van der Waals surface area contributed by atoms with Crippen LogP contribution in [0.5, 0.6) is 11.5 Å². The number of furan rings is 1. The Kier molecular flexibility index (Phi) is 6.27. The maximum atomic E-state index is 13.6. The minimum atomic E-state index is -0.547. The van der Waals surface area contributed by atoms with Gasteiger partial charge in [0.05, 0.1) is 18.4 Å². The number of para-hydroxylation sites is 1. The average molecular weight is 470 g/mol. The van der Waals surface area contributed by atoms with Gasteiger partial charge in [-0.05, 0) is 62.2 Å². The van der Waals surface area contributed by atoms with Crippen molar-refractivity contribution in [2.75, 3.05) is 6.61 Å². The van der Waals surface area contributed by atoms with Gasteiger partial charge in [-0.25, -0.2) is 4.79 Å². The summed E-state index contributed by atoms with van der Waals surface area (Å²) in [7, 11) is 0. The second kappa shape index (κ2) is 9.66. The molecule has 0 unspecified atom stereocenters. The zero-order chi connectivity index (χ0) is 24.4. The third-order valence-corrected chi connectivity index (χ3v) is 6.44. The normalized spacial score (nSPS) is 19.8. The van der Waals surface area contributed by atoms with Gasteiger partial charge in [-0.3, -0.25) is 4.79 Å². The molecule has 1 aliphatic heterocycles. The van der Waals surface area contributed by atoms with E-state index in [-0.39, 0.29) is 18.3 Å². The van der Waals surface area contributed by atoms with E-state index in [2.05, 4.69) is 5.32 Å². The van der Waals surface area contributed by atoms with Crippen molar-refractivity contribution in [2.45, 2.75) is 38.5 Å². The maximum Gasteiger partial charge on any atom is 0.336 e. The fraction of sp³-hybridized carbons (Fsp3) is 0.241. The second-order valence-corrected chi connectivity index (χ2v) is 8.74. The Morgan fingerprint density at radius 2 is 1.83 bits per heavy atom. The summed E-state index contributed by atoms with van der Waals surface area (Å²) in [5, 5.41) is 3.35. The van der Waals surface area contributed by atoms with Crippen LogP contribution in [0.1, 0.15) is 49.8 Å². The zero-order valence-corrected chi connectivity index (χ0v) is 19.7. The van der Waals surface area contributed by atoms with Crippen LogP contribution in [-0.2, 0) is 14.3 Å². The van der Waals surface area contributed by atoms with E-state index in [1.165, 1.54) is 0 Å². The summed E-state index contributed by atoms with van der Waals surface area (Å²) in [6, 6.07) is 20.8. The summed E-state index contributed by atoms with van der Waals surface area (Å²) in [5.41, 5.74) is 3.38. The summed E-state index contributed by atoms with van der Waals surface area (Å²) in [4.78, 5) is 26.7. The van der Waals surface area contributed by atoms with E-state index in [9.17, 15) is 9.59 Å². The molecule has 1 N–H and O–H groups in total. The van der Waals surface area contributed by atoms with Gasteiger partial charge in [-0.2, -0.15) is 0 Å². The van der Waals surface area contributed by atoms with Gasteiger partial charge in [-0.1, -0.05) is 30.3 Å². The van der Waals surface area contributed by atoms with E-state index >= 15 is 0 Å². The van der Waals surface area contributed by atoms with Crippen LogP contribution < -0.4 is 10.1 Å². The first-order valence-electron chi connectivity index (χ1n) is 11.8. The summed E-state index contributed by atoms with van der Waals surface area (Å²) < 4.78 is 17.1. The molecule has 6 heteroatoms. The van der Waals surface area contributed by atoms with Crippen LogP contribution in [0.4, 0.5) is 0 Å². The minimum Gasteiger partial charge on any atom is -0.469 e. The molecule has 0 spiro atoms. The van der Waals surface area contributed by atoms with Gasteiger partial charge in [0, 0.05) is 35.2 Å². The van der Waals surface area contributed by atoms with Gasteiger partial charge in [0.15, 0.2) is 5.78 Å². The quantitative estimate of drug-likeness (QED) is 0.447. The monoisotopic (exact) mass is 469 g/mol. The highest BCUT2D eigenvalue weighted by molar-refractivity contribution is 6.04. The second-order valence-electron chi connectivity index (χ2n) is 8.74. The number of rotatable bonds is 6. The molecule has 0 saturated heterocycles. The number of esters is 1. The number of hydrogen-bond donors (Lipinski definition) is 1. The lowest BCUT2D eigenvalue weighted by atomic mass is 9.72. The zero-order valence-electron chi connectivity index (χ0n) is 19.7. The molecule has 1 aromatic heterocycles. The van der Waals surface area contributed by atoms with Gasteiger partial charge in [-0.15, -0.1) is 0 Å². The Labute approximate surface area is 204 Å². The molecule has 3 aromatic rings. The Balaban J connectivity index is 1.57. The Morgan fingerprint density at radius 1 is 1.03 bits per heavy atom. The summed E-state index contributed by atoms with van der Waals surface area (Å²) in [5.74, 6) is 1.11. The Hall–Kier alpha value is -4.06. The number of carbonyl (C=O) groups is 2. The highest BCUT2D eigenvalue weighted by Crippen LogP contribution is 2.46. The third kappa shape index (κ3) is 4.52. The molecule has 5 rings (SSSR count). The number of nitrogens with one attached hydrogen (secondary N) is 1. The highest BCUT2D eigenvalue weighted by atomic mass is 16.5. The van der Waals surface area contributed by atoms with Crippen LogP contribution in [0.3, 0.4) is 0 Å². The number of carbonyl (C=O) groups excluding carboxylic acids is 2. The molecule has 0 fully saturated rings. The average Bonchev–Trinajstić information content (AvgIpc) is 3.39. The lowest BCUT2D eigenvalue weighted by Crippen LogP contribution is -2.36. The Bertz CT molecular complexity index is 1300. The number of Topliss-reactive ketones (excluding diaryl/α,β-unsaturated/α-hetero) is 1. The van der Waals surface area contributed by atoms with E-state index in [4.69, 9.17) is 13.9 Å². The van der Waals surface area contributed by atoms with Crippen molar-refractivity contribution in [2.24, 2.45) is 0 Å². The first-order chi connectivity index (χ1) is 17.0. The molecule has 0 saturated carbocycles. The number of dihydropyridines is 1. The molecule has 6 nitrogen and oxygen atoms in total. The largest absolute Gasteiger partial charge is 0.469 e. The summed E-state index contributed by atoms with van der Waals surface area (Å²) in [6.07, 6.45) is 2.57. The predicted molar refractivity (Wildman–Crippen MR) is 131 cm³/mol. The predicted octanol–water partition coefficient (Wildman–Crippen LogP) is 6.00. The summed E-state index contributed by atoms with van der Waals surface area (Å²) in [6.45, 7) is 3.88. The topological polar surface area (TPSA) is 77.8 Å². The Morgan fingerprint density at radius 3 is 2.57 bits per heavy atom. The van der Waals surface area contributed by atoms with Crippen molar-refractivity contribution in [3.63, 3.8) is 0 Å². The van der Waals surface area contributed by atoms with Crippen LogP contribution in [-0.4, -0.2) is 18.4 Å². The van der Waals surface area contributed by atoms with E-state index in [0.29, 0.717) is 41.2 Å². The van der Waals surface area contributed by atoms with Crippen LogP contribution in [0.15, 0.2) is 100.0 Å². The first-order valence-corrected chi connectivity index (χ1v) is 11.8. The molecule has 2 heterocycles. The lowest BCUT2D eigenvalue weighted by molar-refractivity contribution is -0.138. The number of ketones is 1. The number of ether oxygens (including phenoxy) is 2. The highest BCUT2D eigenvalue weighted by Gasteiger charge is 2.42. The fourth-order valence-electron chi connectivity index (χ4n) is 4.96. The van der Waals surface area contributed by atoms with Crippen molar-refractivity contribution in [1.29, 1.82) is 0 Å².